The normalized spacial score (nSPS) is 10.7. The number of para-hydroxylation sites is 1. The Bertz CT molecular complexity index is 717. The van der Waals surface area contributed by atoms with E-state index in [2.05, 4.69) is 5.32 Å². The van der Waals surface area contributed by atoms with Gasteiger partial charge in [-0.3, -0.25) is 4.79 Å². The molecule has 0 aliphatic carbocycles. The maximum absolute atomic E-state index is 12.5. The number of hydrogen-bond acceptors (Lipinski definition) is 2. The van der Waals surface area contributed by atoms with Crippen LogP contribution in [0.2, 0.25) is 15.1 Å². The molecule has 0 saturated heterocycles. The Balaban J connectivity index is 2.23. The molecule has 2 rings (SSSR count). The summed E-state index contributed by atoms with van der Waals surface area (Å²) in [6.07, 6.45) is 0. The molecule has 0 aromatic heterocycles. The minimum Gasteiger partial charge on any atom is -0.492 e. The SMILES string of the molecule is CC(C)COc1ccccc1C(=O)Nc1cc(Cl)c(Cl)cc1Cl. The first-order chi connectivity index (χ1) is 10.9. The first-order valence-corrected chi connectivity index (χ1v) is 8.19. The molecule has 0 fully saturated rings. The van der Waals surface area contributed by atoms with Crippen molar-refractivity contribution in [2.75, 3.05) is 11.9 Å². The van der Waals surface area contributed by atoms with E-state index in [1.54, 1.807) is 18.2 Å². The Hall–Kier alpha value is -1.42. The fraction of sp³-hybridized carbons (Fsp3) is 0.235. The van der Waals surface area contributed by atoms with E-state index in [1.165, 1.54) is 12.1 Å². The summed E-state index contributed by atoms with van der Waals surface area (Å²) in [5.74, 6) is 0.551. The van der Waals surface area contributed by atoms with Crippen molar-refractivity contribution in [3.8, 4) is 5.75 Å². The monoisotopic (exact) mass is 371 g/mol. The standard InChI is InChI=1S/C17H16Cl3NO2/c1-10(2)9-23-16-6-4-3-5-11(16)17(22)21-15-8-13(19)12(18)7-14(15)20/h3-8,10H,9H2,1-2H3,(H,21,22). The second-order valence-corrected chi connectivity index (χ2v) is 6.62. The summed E-state index contributed by atoms with van der Waals surface area (Å²) in [5.41, 5.74) is 0.819. The Labute approximate surface area is 150 Å². The third-order valence-electron chi connectivity index (χ3n) is 2.96. The third-order valence-corrected chi connectivity index (χ3v) is 4.00. The lowest BCUT2D eigenvalue weighted by atomic mass is 10.1. The van der Waals surface area contributed by atoms with Crippen LogP contribution in [0, 0.1) is 5.92 Å². The molecule has 0 saturated carbocycles. The Morgan fingerprint density at radius 3 is 2.43 bits per heavy atom. The van der Waals surface area contributed by atoms with Gasteiger partial charge in [-0.2, -0.15) is 0 Å². The molecule has 0 bridgehead atoms. The molecule has 2 aromatic carbocycles. The highest BCUT2D eigenvalue weighted by molar-refractivity contribution is 6.44. The lowest BCUT2D eigenvalue weighted by Crippen LogP contribution is -2.15. The predicted octanol–water partition coefficient (Wildman–Crippen LogP) is 5.93. The average molecular weight is 373 g/mol. The molecule has 0 aliphatic rings. The summed E-state index contributed by atoms with van der Waals surface area (Å²) in [5, 5.41) is 3.69. The van der Waals surface area contributed by atoms with Crippen LogP contribution in [0.15, 0.2) is 36.4 Å². The lowest BCUT2D eigenvalue weighted by Gasteiger charge is -2.14. The summed E-state index contributed by atoms with van der Waals surface area (Å²) >= 11 is 17.9. The predicted molar refractivity (Wildman–Crippen MR) is 96.2 cm³/mol. The summed E-state index contributed by atoms with van der Waals surface area (Å²) in [4.78, 5) is 12.5. The van der Waals surface area contributed by atoms with Crippen molar-refractivity contribution in [1.29, 1.82) is 0 Å². The highest BCUT2D eigenvalue weighted by atomic mass is 35.5. The van der Waals surface area contributed by atoms with Crippen molar-refractivity contribution in [2.45, 2.75) is 13.8 Å². The minimum atomic E-state index is -0.329. The highest BCUT2D eigenvalue weighted by Crippen LogP contribution is 2.33. The molecule has 0 unspecified atom stereocenters. The van der Waals surface area contributed by atoms with Gasteiger partial charge in [-0.1, -0.05) is 60.8 Å². The lowest BCUT2D eigenvalue weighted by molar-refractivity contribution is 0.102. The molecular formula is C17H16Cl3NO2. The van der Waals surface area contributed by atoms with E-state index in [4.69, 9.17) is 39.5 Å². The van der Waals surface area contributed by atoms with E-state index in [-0.39, 0.29) is 5.91 Å². The smallest absolute Gasteiger partial charge is 0.259 e. The zero-order chi connectivity index (χ0) is 17.0. The summed E-state index contributed by atoms with van der Waals surface area (Å²) in [7, 11) is 0. The van der Waals surface area contributed by atoms with Crippen molar-refractivity contribution < 1.29 is 9.53 Å². The first-order valence-electron chi connectivity index (χ1n) is 7.06. The molecule has 6 heteroatoms. The number of nitrogens with one attached hydrogen (secondary N) is 1. The van der Waals surface area contributed by atoms with Crippen LogP contribution in [-0.4, -0.2) is 12.5 Å². The summed E-state index contributed by atoms with van der Waals surface area (Å²) in [6.45, 7) is 4.61. The number of carbonyl (C=O) groups is 1. The zero-order valence-corrected chi connectivity index (χ0v) is 15.0. The largest absolute Gasteiger partial charge is 0.492 e. The molecule has 0 aliphatic heterocycles. The van der Waals surface area contributed by atoms with Crippen LogP contribution >= 0.6 is 34.8 Å². The quantitative estimate of drug-likeness (QED) is 0.660. The molecule has 3 nitrogen and oxygen atoms in total. The molecular weight excluding hydrogens is 357 g/mol. The highest BCUT2D eigenvalue weighted by Gasteiger charge is 2.15. The maximum atomic E-state index is 12.5. The number of carbonyl (C=O) groups excluding carboxylic acids is 1. The van der Waals surface area contributed by atoms with Gasteiger partial charge in [0.2, 0.25) is 0 Å². The first kappa shape index (κ1) is 17.9. The van der Waals surface area contributed by atoms with Gasteiger partial charge in [0.05, 0.1) is 32.9 Å². The second-order valence-electron chi connectivity index (χ2n) is 5.40. The number of rotatable bonds is 5. The fourth-order valence-corrected chi connectivity index (χ4v) is 2.44. The van der Waals surface area contributed by atoms with Gasteiger partial charge < -0.3 is 10.1 Å². The van der Waals surface area contributed by atoms with E-state index in [1.807, 2.05) is 19.9 Å². The van der Waals surface area contributed by atoms with Gasteiger partial charge in [0.1, 0.15) is 5.75 Å². The van der Waals surface area contributed by atoms with Gasteiger partial charge in [0.15, 0.2) is 0 Å². The number of anilines is 1. The van der Waals surface area contributed by atoms with E-state index >= 15 is 0 Å². The van der Waals surface area contributed by atoms with Crippen molar-refractivity contribution in [3.63, 3.8) is 0 Å². The number of benzene rings is 2. The van der Waals surface area contributed by atoms with E-state index in [0.29, 0.717) is 44.6 Å². The Kier molecular flexibility index (Phi) is 6.17. The van der Waals surface area contributed by atoms with Gasteiger partial charge in [0, 0.05) is 0 Å². The number of ether oxygens (including phenoxy) is 1. The van der Waals surface area contributed by atoms with Gasteiger partial charge in [0.25, 0.3) is 5.91 Å². The molecule has 1 amide bonds. The van der Waals surface area contributed by atoms with E-state index in [9.17, 15) is 4.79 Å². The fourth-order valence-electron chi connectivity index (χ4n) is 1.84. The molecule has 0 radical (unpaired) electrons. The third kappa shape index (κ3) is 4.77. The van der Waals surface area contributed by atoms with E-state index in [0.717, 1.165) is 0 Å². The zero-order valence-electron chi connectivity index (χ0n) is 12.7. The van der Waals surface area contributed by atoms with Gasteiger partial charge >= 0.3 is 0 Å². The summed E-state index contributed by atoms with van der Waals surface area (Å²) < 4.78 is 5.69. The Morgan fingerprint density at radius 2 is 1.74 bits per heavy atom. The van der Waals surface area contributed by atoms with Crippen LogP contribution in [0.5, 0.6) is 5.75 Å². The van der Waals surface area contributed by atoms with Crippen molar-refractivity contribution in [1.82, 2.24) is 0 Å². The molecule has 122 valence electrons. The van der Waals surface area contributed by atoms with Crippen molar-refractivity contribution >= 4 is 46.4 Å². The molecule has 0 heterocycles. The van der Waals surface area contributed by atoms with Gasteiger partial charge in [-0.25, -0.2) is 0 Å². The van der Waals surface area contributed by atoms with Crippen molar-refractivity contribution in [2.24, 2.45) is 5.92 Å². The Morgan fingerprint density at radius 1 is 1.09 bits per heavy atom. The molecule has 0 atom stereocenters. The average Bonchev–Trinajstić information content (AvgIpc) is 2.50. The number of amides is 1. The van der Waals surface area contributed by atoms with Crippen LogP contribution in [-0.2, 0) is 0 Å². The molecule has 0 spiro atoms. The molecule has 2 aromatic rings. The minimum absolute atomic E-state index is 0.313. The topological polar surface area (TPSA) is 38.3 Å². The van der Waals surface area contributed by atoms with Crippen LogP contribution in [0.1, 0.15) is 24.2 Å². The number of halogens is 3. The van der Waals surface area contributed by atoms with Crippen LogP contribution in [0.3, 0.4) is 0 Å². The van der Waals surface area contributed by atoms with Crippen LogP contribution in [0.4, 0.5) is 5.69 Å². The van der Waals surface area contributed by atoms with Crippen molar-refractivity contribution in [3.05, 3.63) is 57.0 Å². The second kappa shape index (κ2) is 7.91. The van der Waals surface area contributed by atoms with E-state index < -0.39 is 0 Å². The van der Waals surface area contributed by atoms with Crippen LogP contribution in [0.25, 0.3) is 0 Å². The maximum Gasteiger partial charge on any atom is 0.259 e. The molecule has 1 N–H and O–H groups in total. The summed E-state index contributed by atoms with van der Waals surface area (Å²) in [6, 6.07) is 10.0. The van der Waals surface area contributed by atoms with Gasteiger partial charge in [-0.05, 0) is 30.2 Å². The van der Waals surface area contributed by atoms with Gasteiger partial charge in [-0.15, -0.1) is 0 Å². The number of hydrogen-bond donors (Lipinski definition) is 1. The van der Waals surface area contributed by atoms with Crippen LogP contribution < -0.4 is 10.1 Å². The molecule has 23 heavy (non-hydrogen) atoms.